The zero-order valence-electron chi connectivity index (χ0n) is 23.1. The van der Waals surface area contributed by atoms with Gasteiger partial charge in [-0.3, -0.25) is 0 Å². The standard InChI is InChI=1S/C21H44N4O6S2Si2.Na/c1-7-26-34(27-8-2,28-9-3)17-13-15-25(19-22-20(32)24-21(33)23-19)16-14-18-35(29-10-4,30-11-5)31-12-6;/h7-18H2,1-6H3,(H2,22,23,24,32,33);. The maximum absolute atomic E-state index is 6.01. The van der Waals surface area contributed by atoms with E-state index in [2.05, 4.69) is 19.9 Å². The van der Waals surface area contributed by atoms with Crippen LogP contribution in [0, 0.1) is 9.54 Å². The van der Waals surface area contributed by atoms with Gasteiger partial charge in [-0.05, 0) is 78.8 Å². The number of nitrogens with one attached hydrogen (secondary N) is 2. The Labute approximate surface area is 251 Å². The molecule has 1 radical (unpaired) electrons. The van der Waals surface area contributed by atoms with Crippen molar-refractivity contribution in [1.29, 1.82) is 0 Å². The van der Waals surface area contributed by atoms with Crippen molar-refractivity contribution in [1.82, 2.24) is 15.0 Å². The molecule has 1 heterocycles. The van der Waals surface area contributed by atoms with E-state index >= 15 is 0 Å². The number of aromatic nitrogens is 3. The van der Waals surface area contributed by atoms with E-state index in [1.54, 1.807) is 0 Å². The molecule has 1 aromatic heterocycles. The van der Waals surface area contributed by atoms with Gasteiger partial charge < -0.3 is 41.4 Å². The number of anilines is 1. The average Bonchev–Trinajstić information content (AvgIpc) is 2.78. The summed E-state index contributed by atoms with van der Waals surface area (Å²) in [7, 11) is -5.47. The second-order valence-electron chi connectivity index (χ2n) is 7.48. The fourth-order valence-corrected chi connectivity index (χ4v) is 9.46. The largest absolute Gasteiger partial charge is 0.500 e. The molecular formula is C21H44N4NaO6S2Si2. The quantitative estimate of drug-likeness (QED) is 0.157. The normalized spacial score (nSPS) is 11.9. The van der Waals surface area contributed by atoms with E-state index in [9.17, 15) is 0 Å². The van der Waals surface area contributed by atoms with Gasteiger partial charge in [-0.1, -0.05) is 0 Å². The molecule has 0 aliphatic carbocycles. The van der Waals surface area contributed by atoms with Crippen molar-refractivity contribution < 1.29 is 26.6 Å². The third-order valence-electron chi connectivity index (χ3n) is 4.96. The molecule has 0 spiro atoms. The van der Waals surface area contributed by atoms with Crippen molar-refractivity contribution >= 4 is 77.6 Å². The van der Waals surface area contributed by atoms with Crippen LogP contribution in [0.5, 0.6) is 0 Å². The van der Waals surface area contributed by atoms with Gasteiger partial charge >= 0.3 is 17.6 Å². The number of hydrogen-bond donors (Lipinski definition) is 2. The number of aromatic amines is 2. The van der Waals surface area contributed by atoms with E-state index in [4.69, 9.17) is 51.0 Å². The SMILES string of the molecule is CCO[Si](CCCN(CCC[Si](OCC)(OCC)OCC)c1nc(=S)[nH]c(=S)[nH]1)(OCC)OCC.[Na]. The first-order valence-corrected chi connectivity index (χ1v) is 17.3. The van der Waals surface area contributed by atoms with Crippen LogP contribution < -0.4 is 4.90 Å². The molecule has 0 saturated heterocycles. The smallest absolute Gasteiger partial charge is 0.374 e. The minimum Gasteiger partial charge on any atom is -0.374 e. The first-order chi connectivity index (χ1) is 16.8. The molecule has 0 aliphatic heterocycles. The van der Waals surface area contributed by atoms with Crippen LogP contribution in [0.2, 0.25) is 12.1 Å². The zero-order chi connectivity index (χ0) is 26.2. The fourth-order valence-electron chi connectivity index (χ4n) is 3.83. The van der Waals surface area contributed by atoms with Crippen LogP contribution in [0.3, 0.4) is 0 Å². The minimum atomic E-state index is -2.74. The average molecular weight is 592 g/mol. The summed E-state index contributed by atoms with van der Waals surface area (Å²) in [5.74, 6) is 0.631. The maximum Gasteiger partial charge on any atom is 0.500 e. The van der Waals surface area contributed by atoms with Gasteiger partial charge in [0.05, 0.1) is 0 Å². The zero-order valence-corrected chi connectivity index (χ0v) is 28.8. The van der Waals surface area contributed by atoms with Crippen LogP contribution in [-0.2, 0) is 26.6 Å². The van der Waals surface area contributed by atoms with Crippen LogP contribution in [0.4, 0.5) is 5.95 Å². The first-order valence-electron chi connectivity index (χ1n) is 12.6. The molecule has 0 unspecified atom stereocenters. The summed E-state index contributed by atoms with van der Waals surface area (Å²) in [6.07, 6.45) is 1.59. The fraction of sp³-hybridized carbons (Fsp3) is 0.857. The van der Waals surface area contributed by atoms with Gasteiger partial charge in [0.15, 0.2) is 4.77 Å². The molecule has 15 heteroatoms. The van der Waals surface area contributed by atoms with Crippen LogP contribution in [-0.4, -0.2) is 115 Å². The Balaban J connectivity index is 0.0000122. The van der Waals surface area contributed by atoms with Gasteiger partial charge in [0.2, 0.25) is 10.7 Å². The third kappa shape index (κ3) is 13.0. The molecule has 2 N–H and O–H groups in total. The molecule has 0 aliphatic rings. The summed E-state index contributed by atoms with van der Waals surface area (Å²) in [6.45, 7) is 16.5. The monoisotopic (exact) mass is 591 g/mol. The van der Waals surface area contributed by atoms with Crippen molar-refractivity contribution in [3.05, 3.63) is 9.54 Å². The van der Waals surface area contributed by atoms with E-state index in [1.807, 2.05) is 41.5 Å². The number of hydrogen-bond acceptors (Lipinski definition) is 10. The van der Waals surface area contributed by atoms with Crippen molar-refractivity contribution in [2.75, 3.05) is 57.6 Å². The molecule has 0 aromatic carbocycles. The van der Waals surface area contributed by atoms with Gasteiger partial charge in [0.1, 0.15) is 0 Å². The van der Waals surface area contributed by atoms with Crippen molar-refractivity contribution in [3.8, 4) is 0 Å². The van der Waals surface area contributed by atoms with E-state index in [0.717, 1.165) is 12.8 Å². The van der Waals surface area contributed by atoms with Crippen LogP contribution in [0.15, 0.2) is 0 Å². The summed E-state index contributed by atoms with van der Waals surface area (Å²) in [5, 5.41) is 0. The topological polar surface area (TPSA) is 103 Å². The van der Waals surface area contributed by atoms with Gasteiger partial charge in [-0.25, -0.2) is 0 Å². The van der Waals surface area contributed by atoms with E-state index in [-0.39, 0.29) is 29.6 Å². The molecule has 0 saturated carbocycles. The Bertz CT molecular complexity index is 729. The molecule has 0 atom stereocenters. The Morgan fingerprint density at radius 3 is 1.33 bits per heavy atom. The van der Waals surface area contributed by atoms with Crippen LogP contribution in [0.25, 0.3) is 0 Å². The molecule has 0 bridgehead atoms. The van der Waals surface area contributed by atoms with Crippen LogP contribution >= 0.6 is 24.4 Å². The van der Waals surface area contributed by atoms with E-state index in [1.165, 1.54) is 0 Å². The van der Waals surface area contributed by atoms with Gasteiger partial charge in [-0.2, -0.15) is 4.98 Å². The number of H-pyrrole nitrogens is 2. The second kappa shape index (κ2) is 20.4. The van der Waals surface area contributed by atoms with Crippen molar-refractivity contribution in [2.45, 2.75) is 66.5 Å². The summed E-state index contributed by atoms with van der Waals surface area (Å²) in [4.78, 5) is 12.6. The molecule has 1 aromatic rings. The first kappa shape index (κ1) is 36.4. The Morgan fingerprint density at radius 1 is 0.667 bits per heavy atom. The predicted molar refractivity (Wildman–Crippen MR) is 153 cm³/mol. The number of rotatable bonds is 21. The third-order valence-corrected chi connectivity index (χ3v) is 11.7. The van der Waals surface area contributed by atoms with Gasteiger partial charge in [0.25, 0.3) is 0 Å². The Hall–Kier alpha value is 0.444. The maximum atomic E-state index is 6.01. The van der Waals surface area contributed by atoms with Crippen molar-refractivity contribution in [2.24, 2.45) is 0 Å². The Morgan fingerprint density at radius 2 is 1.03 bits per heavy atom. The molecule has 10 nitrogen and oxygen atoms in total. The molecular weight excluding hydrogens is 548 g/mol. The summed E-state index contributed by atoms with van der Waals surface area (Å²) in [5.41, 5.74) is 0. The minimum absolute atomic E-state index is 0. The molecule has 1 rings (SSSR count). The van der Waals surface area contributed by atoms with E-state index in [0.29, 0.717) is 80.3 Å². The summed E-state index contributed by atoms with van der Waals surface area (Å²) in [6, 6.07) is 1.41. The van der Waals surface area contributed by atoms with Gasteiger partial charge in [-0.15, -0.1) is 0 Å². The van der Waals surface area contributed by atoms with Crippen LogP contribution in [0.1, 0.15) is 54.4 Å². The van der Waals surface area contributed by atoms with Crippen molar-refractivity contribution in [3.63, 3.8) is 0 Å². The van der Waals surface area contributed by atoms with Gasteiger partial charge in [0, 0.05) is 94.4 Å². The van der Waals surface area contributed by atoms with E-state index < -0.39 is 17.6 Å². The number of nitrogens with zero attached hydrogens (tertiary/aromatic N) is 2. The molecule has 0 fully saturated rings. The molecule has 36 heavy (non-hydrogen) atoms. The molecule has 205 valence electrons. The predicted octanol–water partition coefficient (Wildman–Crippen LogP) is 4.50. The Kier molecular flexibility index (Phi) is 20.6. The summed E-state index contributed by atoms with van der Waals surface area (Å²) < 4.78 is 36.9. The second-order valence-corrected chi connectivity index (χ2v) is 13.7. The summed E-state index contributed by atoms with van der Waals surface area (Å²) >= 11 is 10.6. The molecule has 0 amide bonds.